The van der Waals surface area contributed by atoms with Gasteiger partial charge in [-0.3, -0.25) is 0 Å². The van der Waals surface area contributed by atoms with Crippen LogP contribution in [0.2, 0.25) is 0 Å². The summed E-state index contributed by atoms with van der Waals surface area (Å²) in [7, 11) is 0. The van der Waals surface area contributed by atoms with Crippen molar-refractivity contribution in [1.82, 2.24) is 0 Å². The molecule has 0 aromatic carbocycles. The number of hydrogen-bond donors (Lipinski definition) is 0. The van der Waals surface area contributed by atoms with Crippen LogP contribution in [0.4, 0.5) is 0 Å². The molecule has 1 unspecified atom stereocenters. The molecular formula is C7H14Br. The second-order valence-corrected chi connectivity index (χ2v) is 3.32. The standard InChI is InChI=1S/C7H14Br/c1-3-5-7(8)6-4-2/h7H,1,3-6H2,2H3. The molecule has 0 aromatic rings. The van der Waals surface area contributed by atoms with Crippen molar-refractivity contribution in [2.45, 2.75) is 37.4 Å². The van der Waals surface area contributed by atoms with Gasteiger partial charge in [0.05, 0.1) is 0 Å². The first-order valence-corrected chi connectivity index (χ1v) is 4.16. The molecule has 0 fully saturated rings. The molecule has 0 N–H and O–H groups in total. The van der Waals surface area contributed by atoms with Crippen molar-refractivity contribution in [2.24, 2.45) is 0 Å². The lowest BCUT2D eigenvalue weighted by atomic mass is 10.2. The molecule has 0 amide bonds. The maximum atomic E-state index is 3.78. The summed E-state index contributed by atoms with van der Waals surface area (Å²) in [5.74, 6) is 0. The Bertz CT molecular complexity index is 37.7. The highest BCUT2D eigenvalue weighted by Crippen LogP contribution is 2.12. The SMILES string of the molecule is [CH2]CCC(Br)CCC. The van der Waals surface area contributed by atoms with Gasteiger partial charge in [0.25, 0.3) is 0 Å². The van der Waals surface area contributed by atoms with E-state index in [1.165, 1.54) is 19.3 Å². The topological polar surface area (TPSA) is 0 Å². The Morgan fingerprint density at radius 2 is 2.12 bits per heavy atom. The fourth-order valence-corrected chi connectivity index (χ4v) is 1.46. The predicted octanol–water partition coefficient (Wildman–Crippen LogP) is 3.16. The van der Waals surface area contributed by atoms with E-state index in [2.05, 4.69) is 29.8 Å². The number of alkyl halides is 1. The third-order valence-corrected chi connectivity index (χ3v) is 2.03. The first kappa shape index (κ1) is 8.48. The summed E-state index contributed by atoms with van der Waals surface area (Å²) in [4.78, 5) is 0.713. The summed E-state index contributed by atoms with van der Waals surface area (Å²) < 4.78 is 0. The van der Waals surface area contributed by atoms with E-state index in [0.717, 1.165) is 6.42 Å². The zero-order valence-electron chi connectivity index (χ0n) is 5.49. The zero-order chi connectivity index (χ0) is 6.41. The normalized spacial score (nSPS) is 10.5. The third-order valence-electron chi connectivity index (χ3n) is 1.12. The van der Waals surface area contributed by atoms with E-state index in [4.69, 9.17) is 0 Å². The molecule has 1 radical (unpaired) electrons. The largest absolute Gasteiger partial charge is 0.0891 e. The van der Waals surface area contributed by atoms with Crippen LogP contribution in [-0.2, 0) is 0 Å². The van der Waals surface area contributed by atoms with Crippen LogP contribution >= 0.6 is 15.9 Å². The first-order chi connectivity index (χ1) is 3.81. The molecule has 0 aliphatic rings. The highest BCUT2D eigenvalue weighted by atomic mass is 79.9. The minimum Gasteiger partial charge on any atom is -0.0891 e. The highest BCUT2D eigenvalue weighted by molar-refractivity contribution is 9.09. The Labute approximate surface area is 60.8 Å². The van der Waals surface area contributed by atoms with Crippen LogP contribution in [0.1, 0.15) is 32.6 Å². The highest BCUT2D eigenvalue weighted by Gasteiger charge is 1.97. The van der Waals surface area contributed by atoms with Crippen molar-refractivity contribution in [2.75, 3.05) is 0 Å². The van der Waals surface area contributed by atoms with Crippen LogP contribution in [0.5, 0.6) is 0 Å². The van der Waals surface area contributed by atoms with Gasteiger partial charge in [0.15, 0.2) is 0 Å². The lowest BCUT2D eigenvalue weighted by Gasteiger charge is -2.03. The van der Waals surface area contributed by atoms with Crippen molar-refractivity contribution in [3.63, 3.8) is 0 Å². The van der Waals surface area contributed by atoms with Crippen molar-refractivity contribution < 1.29 is 0 Å². The smallest absolute Gasteiger partial charge is 0.0145 e. The van der Waals surface area contributed by atoms with Crippen molar-refractivity contribution in [3.8, 4) is 0 Å². The van der Waals surface area contributed by atoms with Gasteiger partial charge in [-0.15, -0.1) is 0 Å². The van der Waals surface area contributed by atoms with Crippen molar-refractivity contribution in [1.29, 1.82) is 0 Å². The van der Waals surface area contributed by atoms with E-state index in [1.807, 2.05) is 0 Å². The van der Waals surface area contributed by atoms with Gasteiger partial charge in [-0.2, -0.15) is 0 Å². The average Bonchev–Trinajstić information content (AvgIpc) is 1.68. The van der Waals surface area contributed by atoms with Crippen LogP contribution in [-0.4, -0.2) is 4.83 Å². The summed E-state index contributed by atoms with van der Waals surface area (Å²) in [6, 6.07) is 0. The second-order valence-electron chi connectivity index (χ2n) is 2.03. The molecule has 1 atom stereocenters. The number of hydrogen-bond acceptors (Lipinski definition) is 0. The quantitative estimate of drug-likeness (QED) is 0.580. The molecule has 1 heteroatoms. The van der Waals surface area contributed by atoms with E-state index >= 15 is 0 Å². The van der Waals surface area contributed by atoms with Gasteiger partial charge in [0.1, 0.15) is 0 Å². The molecule has 0 aromatic heterocycles. The molecule has 8 heavy (non-hydrogen) atoms. The molecule has 0 aliphatic carbocycles. The van der Waals surface area contributed by atoms with Crippen LogP contribution in [0.25, 0.3) is 0 Å². The maximum absolute atomic E-state index is 3.78. The van der Waals surface area contributed by atoms with Crippen LogP contribution in [0.15, 0.2) is 0 Å². The molecular weight excluding hydrogens is 164 g/mol. The third kappa shape index (κ3) is 4.63. The zero-order valence-corrected chi connectivity index (χ0v) is 7.08. The lowest BCUT2D eigenvalue weighted by molar-refractivity contribution is 0.700. The predicted molar refractivity (Wildman–Crippen MR) is 42.2 cm³/mol. The summed E-state index contributed by atoms with van der Waals surface area (Å²) in [5, 5.41) is 0. The van der Waals surface area contributed by atoms with Crippen LogP contribution in [0.3, 0.4) is 0 Å². The van der Waals surface area contributed by atoms with Gasteiger partial charge in [-0.05, 0) is 12.8 Å². The Morgan fingerprint density at radius 3 is 2.50 bits per heavy atom. The summed E-state index contributed by atoms with van der Waals surface area (Å²) in [5.41, 5.74) is 0. The van der Waals surface area contributed by atoms with E-state index < -0.39 is 0 Å². The minimum atomic E-state index is 0.713. The molecule has 49 valence electrons. The molecule has 0 bridgehead atoms. The van der Waals surface area contributed by atoms with Crippen molar-refractivity contribution >= 4 is 15.9 Å². The van der Waals surface area contributed by atoms with Gasteiger partial charge in [-0.1, -0.05) is 42.6 Å². The van der Waals surface area contributed by atoms with E-state index in [0.29, 0.717) is 4.83 Å². The lowest BCUT2D eigenvalue weighted by Crippen LogP contribution is -1.94. The summed E-state index contributed by atoms with van der Waals surface area (Å²) in [6.07, 6.45) is 4.83. The van der Waals surface area contributed by atoms with E-state index in [1.54, 1.807) is 0 Å². The van der Waals surface area contributed by atoms with Gasteiger partial charge in [0, 0.05) is 4.83 Å². The number of halogens is 1. The van der Waals surface area contributed by atoms with E-state index in [-0.39, 0.29) is 0 Å². The minimum absolute atomic E-state index is 0.713. The Balaban J connectivity index is 2.92. The first-order valence-electron chi connectivity index (χ1n) is 3.24. The monoisotopic (exact) mass is 177 g/mol. The number of rotatable bonds is 4. The van der Waals surface area contributed by atoms with Gasteiger partial charge < -0.3 is 0 Å². The van der Waals surface area contributed by atoms with Crippen LogP contribution < -0.4 is 0 Å². The van der Waals surface area contributed by atoms with Crippen molar-refractivity contribution in [3.05, 3.63) is 6.92 Å². The van der Waals surface area contributed by atoms with Gasteiger partial charge in [0.2, 0.25) is 0 Å². The van der Waals surface area contributed by atoms with Gasteiger partial charge in [-0.25, -0.2) is 0 Å². The van der Waals surface area contributed by atoms with E-state index in [9.17, 15) is 0 Å². The molecule has 0 rings (SSSR count). The molecule has 0 nitrogen and oxygen atoms in total. The molecule has 0 heterocycles. The Morgan fingerprint density at radius 1 is 1.50 bits per heavy atom. The maximum Gasteiger partial charge on any atom is 0.0145 e. The summed E-state index contributed by atoms with van der Waals surface area (Å²) in [6.45, 7) is 5.98. The Kier molecular flexibility index (Phi) is 5.95. The Hall–Kier alpha value is 0.480. The second kappa shape index (κ2) is 5.61. The molecule has 0 saturated heterocycles. The fourth-order valence-electron chi connectivity index (χ4n) is 0.679. The average molecular weight is 178 g/mol. The molecule has 0 saturated carbocycles. The molecule has 0 spiro atoms. The molecule has 0 aliphatic heterocycles. The van der Waals surface area contributed by atoms with Gasteiger partial charge >= 0.3 is 0 Å². The summed E-state index contributed by atoms with van der Waals surface area (Å²) >= 11 is 3.56. The van der Waals surface area contributed by atoms with Crippen LogP contribution in [0, 0.1) is 6.92 Å². The fraction of sp³-hybridized carbons (Fsp3) is 0.857.